The standard InChI is InChI=1S/C22H19ClN4O/c1-14-3-8-19(18(23)11-14)26-22(28)24-17-6-4-16(5-7-17)20-13-27-10-9-15(2)12-21(27)25-20/h3-13H,1-2H3,(H2,24,26,28). The van der Waals surface area contributed by atoms with Crippen LogP contribution in [-0.4, -0.2) is 15.4 Å². The molecule has 0 atom stereocenters. The summed E-state index contributed by atoms with van der Waals surface area (Å²) in [4.78, 5) is 16.9. The maximum Gasteiger partial charge on any atom is 0.323 e. The molecular weight excluding hydrogens is 372 g/mol. The lowest BCUT2D eigenvalue weighted by Gasteiger charge is -2.10. The molecule has 0 spiro atoms. The number of pyridine rings is 1. The monoisotopic (exact) mass is 390 g/mol. The van der Waals surface area contributed by atoms with Crippen LogP contribution in [0.2, 0.25) is 5.02 Å². The number of anilines is 2. The molecule has 0 aliphatic rings. The van der Waals surface area contributed by atoms with Crippen molar-refractivity contribution in [2.24, 2.45) is 0 Å². The normalized spacial score (nSPS) is 10.8. The Balaban J connectivity index is 1.47. The zero-order valence-corrected chi connectivity index (χ0v) is 16.3. The highest BCUT2D eigenvalue weighted by molar-refractivity contribution is 6.33. The van der Waals surface area contributed by atoms with Crippen LogP contribution in [0.15, 0.2) is 67.0 Å². The summed E-state index contributed by atoms with van der Waals surface area (Å²) in [5, 5.41) is 6.08. The second-order valence-corrected chi connectivity index (χ2v) is 7.14. The lowest BCUT2D eigenvalue weighted by atomic mass is 10.1. The molecular formula is C22H19ClN4O. The molecule has 0 saturated carbocycles. The summed E-state index contributed by atoms with van der Waals surface area (Å²) in [7, 11) is 0. The van der Waals surface area contributed by atoms with Gasteiger partial charge in [0, 0.05) is 23.6 Å². The van der Waals surface area contributed by atoms with E-state index in [-0.39, 0.29) is 6.03 Å². The third-order valence-electron chi connectivity index (χ3n) is 4.43. The number of fused-ring (bicyclic) bond motifs is 1. The molecule has 6 heteroatoms. The van der Waals surface area contributed by atoms with Gasteiger partial charge in [0.05, 0.1) is 16.4 Å². The molecule has 4 aromatic rings. The lowest BCUT2D eigenvalue weighted by Crippen LogP contribution is -2.19. The Hall–Kier alpha value is -3.31. The number of halogens is 1. The fraction of sp³-hybridized carbons (Fsp3) is 0.0909. The van der Waals surface area contributed by atoms with E-state index in [1.54, 1.807) is 6.07 Å². The molecule has 0 unspecified atom stereocenters. The summed E-state index contributed by atoms with van der Waals surface area (Å²) < 4.78 is 1.99. The van der Waals surface area contributed by atoms with Gasteiger partial charge in [-0.15, -0.1) is 0 Å². The van der Waals surface area contributed by atoms with E-state index in [0.29, 0.717) is 16.4 Å². The Bertz CT molecular complexity index is 1170. The zero-order chi connectivity index (χ0) is 19.7. The highest BCUT2D eigenvalue weighted by atomic mass is 35.5. The van der Waals surface area contributed by atoms with Crippen LogP contribution < -0.4 is 10.6 Å². The number of urea groups is 1. The van der Waals surface area contributed by atoms with Crippen molar-refractivity contribution in [2.45, 2.75) is 13.8 Å². The van der Waals surface area contributed by atoms with Gasteiger partial charge in [-0.25, -0.2) is 9.78 Å². The van der Waals surface area contributed by atoms with Crippen LogP contribution in [0.1, 0.15) is 11.1 Å². The van der Waals surface area contributed by atoms with Gasteiger partial charge >= 0.3 is 6.03 Å². The molecule has 0 fully saturated rings. The number of aryl methyl sites for hydroxylation is 2. The average Bonchev–Trinajstić information content (AvgIpc) is 3.08. The molecule has 0 bridgehead atoms. The predicted molar refractivity (Wildman–Crippen MR) is 114 cm³/mol. The summed E-state index contributed by atoms with van der Waals surface area (Å²) in [5.74, 6) is 0. The predicted octanol–water partition coefficient (Wildman–Crippen LogP) is 5.92. The molecule has 0 aliphatic carbocycles. The van der Waals surface area contributed by atoms with Crippen molar-refractivity contribution in [3.05, 3.63) is 83.1 Å². The first-order valence-corrected chi connectivity index (χ1v) is 9.26. The van der Waals surface area contributed by atoms with Crippen molar-refractivity contribution in [3.8, 4) is 11.3 Å². The van der Waals surface area contributed by atoms with Gasteiger partial charge in [-0.1, -0.05) is 29.8 Å². The molecule has 2 aromatic carbocycles. The van der Waals surface area contributed by atoms with Gasteiger partial charge in [0.15, 0.2) is 0 Å². The summed E-state index contributed by atoms with van der Waals surface area (Å²) in [5.41, 5.74) is 6.23. The van der Waals surface area contributed by atoms with E-state index in [2.05, 4.69) is 15.6 Å². The van der Waals surface area contributed by atoms with E-state index in [1.807, 2.05) is 79.2 Å². The molecule has 140 valence electrons. The number of carbonyl (C=O) groups is 1. The van der Waals surface area contributed by atoms with Crippen molar-refractivity contribution in [1.82, 2.24) is 9.38 Å². The first kappa shape index (κ1) is 18.1. The first-order valence-electron chi connectivity index (χ1n) is 8.88. The Morgan fingerprint density at radius 2 is 1.71 bits per heavy atom. The minimum absolute atomic E-state index is 0.346. The van der Waals surface area contributed by atoms with E-state index in [4.69, 9.17) is 11.6 Å². The number of imidazole rings is 1. The number of nitrogens with one attached hydrogen (secondary N) is 2. The maximum absolute atomic E-state index is 12.2. The Kier molecular flexibility index (Phi) is 4.75. The van der Waals surface area contributed by atoms with E-state index >= 15 is 0 Å². The molecule has 2 N–H and O–H groups in total. The highest BCUT2D eigenvalue weighted by Gasteiger charge is 2.08. The number of rotatable bonds is 3. The number of hydrogen-bond acceptors (Lipinski definition) is 2. The van der Waals surface area contributed by atoms with Crippen LogP contribution in [0, 0.1) is 13.8 Å². The first-order chi connectivity index (χ1) is 13.5. The summed E-state index contributed by atoms with van der Waals surface area (Å²) in [6.45, 7) is 3.99. The Morgan fingerprint density at radius 3 is 2.46 bits per heavy atom. The van der Waals surface area contributed by atoms with Crippen LogP contribution in [0.25, 0.3) is 16.9 Å². The van der Waals surface area contributed by atoms with Gasteiger partial charge in [-0.05, 0) is 61.4 Å². The second-order valence-electron chi connectivity index (χ2n) is 6.74. The Morgan fingerprint density at radius 1 is 0.964 bits per heavy atom. The molecule has 4 rings (SSSR count). The van der Waals surface area contributed by atoms with E-state index in [9.17, 15) is 4.79 Å². The Labute approximate surface area is 168 Å². The molecule has 2 aromatic heterocycles. The van der Waals surface area contributed by atoms with Gasteiger partial charge in [0.2, 0.25) is 0 Å². The molecule has 0 saturated heterocycles. The molecule has 5 nitrogen and oxygen atoms in total. The summed E-state index contributed by atoms with van der Waals surface area (Å²) in [6, 6.07) is 16.8. The number of aromatic nitrogens is 2. The number of nitrogens with zero attached hydrogens (tertiary/aromatic N) is 2. The van der Waals surface area contributed by atoms with Gasteiger partial charge in [0.25, 0.3) is 0 Å². The summed E-state index contributed by atoms with van der Waals surface area (Å²) >= 11 is 6.16. The lowest BCUT2D eigenvalue weighted by molar-refractivity contribution is 0.262. The minimum atomic E-state index is -0.346. The summed E-state index contributed by atoms with van der Waals surface area (Å²) in [6.07, 6.45) is 3.99. The third kappa shape index (κ3) is 3.85. The van der Waals surface area contributed by atoms with E-state index in [0.717, 1.165) is 22.5 Å². The van der Waals surface area contributed by atoms with E-state index in [1.165, 1.54) is 5.56 Å². The molecule has 0 radical (unpaired) electrons. The molecule has 2 heterocycles. The van der Waals surface area contributed by atoms with Crippen LogP contribution in [0.4, 0.5) is 16.2 Å². The topological polar surface area (TPSA) is 58.4 Å². The zero-order valence-electron chi connectivity index (χ0n) is 15.5. The fourth-order valence-electron chi connectivity index (χ4n) is 2.95. The highest BCUT2D eigenvalue weighted by Crippen LogP contribution is 2.24. The number of hydrogen-bond donors (Lipinski definition) is 2. The largest absolute Gasteiger partial charge is 0.323 e. The van der Waals surface area contributed by atoms with Gasteiger partial charge in [0.1, 0.15) is 5.65 Å². The number of benzene rings is 2. The van der Waals surface area contributed by atoms with Crippen LogP contribution in [0.3, 0.4) is 0 Å². The van der Waals surface area contributed by atoms with Crippen molar-refractivity contribution in [1.29, 1.82) is 0 Å². The number of amides is 2. The quantitative estimate of drug-likeness (QED) is 0.456. The number of carbonyl (C=O) groups excluding carboxylic acids is 1. The van der Waals surface area contributed by atoms with Crippen LogP contribution in [-0.2, 0) is 0 Å². The average molecular weight is 391 g/mol. The van der Waals surface area contributed by atoms with Crippen LogP contribution in [0.5, 0.6) is 0 Å². The van der Waals surface area contributed by atoms with E-state index < -0.39 is 0 Å². The third-order valence-corrected chi connectivity index (χ3v) is 4.74. The molecule has 28 heavy (non-hydrogen) atoms. The SMILES string of the molecule is Cc1ccc(NC(=O)Nc2ccc(-c3cn4ccc(C)cc4n3)cc2)c(Cl)c1. The van der Waals surface area contributed by atoms with Crippen molar-refractivity contribution in [3.63, 3.8) is 0 Å². The minimum Gasteiger partial charge on any atom is -0.308 e. The van der Waals surface area contributed by atoms with Gasteiger partial charge < -0.3 is 15.0 Å². The van der Waals surface area contributed by atoms with Crippen molar-refractivity contribution in [2.75, 3.05) is 10.6 Å². The van der Waals surface area contributed by atoms with Gasteiger partial charge in [-0.2, -0.15) is 0 Å². The maximum atomic E-state index is 12.2. The van der Waals surface area contributed by atoms with Crippen LogP contribution >= 0.6 is 11.6 Å². The second kappa shape index (κ2) is 7.37. The van der Waals surface area contributed by atoms with Crippen molar-refractivity contribution < 1.29 is 4.79 Å². The van der Waals surface area contributed by atoms with Crippen molar-refractivity contribution >= 4 is 34.7 Å². The smallest absolute Gasteiger partial charge is 0.308 e. The molecule has 0 aliphatic heterocycles. The molecule has 2 amide bonds. The fourth-order valence-corrected chi connectivity index (χ4v) is 3.24. The van der Waals surface area contributed by atoms with Gasteiger partial charge in [-0.3, -0.25) is 0 Å².